The third-order valence-corrected chi connectivity index (χ3v) is 10.4. The molecule has 1 fully saturated rings. The van der Waals surface area contributed by atoms with Crippen LogP contribution in [0.15, 0.2) is 71.6 Å². The average Bonchev–Trinajstić information content (AvgIpc) is 3.02. The fraction of sp³-hybridized carbons (Fsp3) is 0.412. The smallest absolute Gasteiger partial charge is 0.264 e. The minimum Gasteiger partial charge on any atom is -0.497 e. The summed E-state index contributed by atoms with van der Waals surface area (Å²) in [6.45, 7) is 5.03. The Labute approximate surface area is 266 Å². The molecule has 1 saturated carbocycles. The van der Waals surface area contributed by atoms with Crippen LogP contribution in [0, 0.1) is 13.8 Å². The maximum Gasteiger partial charge on any atom is 0.264 e. The summed E-state index contributed by atoms with van der Waals surface area (Å²) >= 11 is 6.44. The first-order chi connectivity index (χ1) is 21.0. The van der Waals surface area contributed by atoms with Crippen molar-refractivity contribution in [1.29, 1.82) is 0 Å². The van der Waals surface area contributed by atoms with Crippen molar-refractivity contribution in [2.75, 3.05) is 18.0 Å². The summed E-state index contributed by atoms with van der Waals surface area (Å²) in [5, 5.41) is 3.55. The van der Waals surface area contributed by atoms with Gasteiger partial charge < -0.3 is 15.0 Å². The van der Waals surface area contributed by atoms with E-state index in [0.717, 1.165) is 47.5 Å². The minimum absolute atomic E-state index is 0.0525. The summed E-state index contributed by atoms with van der Waals surface area (Å²) in [6, 6.07) is 18.0. The number of methoxy groups -OCH3 is 1. The van der Waals surface area contributed by atoms with Crippen LogP contribution in [-0.2, 0) is 26.2 Å². The van der Waals surface area contributed by atoms with E-state index in [0.29, 0.717) is 28.4 Å². The zero-order valence-corrected chi connectivity index (χ0v) is 27.5. The lowest BCUT2D eigenvalue weighted by molar-refractivity contribution is -0.140. The molecule has 1 aliphatic carbocycles. The van der Waals surface area contributed by atoms with Crippen molar-refractivity contribution < 1.29 is 22.7 Å². The zero-order valence-electron chi connectivity index (χ0n) is 25.9. The zero-order chi connectivity index (χ0) is 31.9. The molecule has 0 unspecified atom stereocenters. The van der Waals surface area contributed by atoms with Crippen LogP contribution in [0.4, 0.5) is 5.69 Å². The van der Waals surface area contributed by atoms with Gasteiger partial charge in [0.1, 0.15) is 18.3 Å². The molecule has 0 heterocycles. The molecule has 8 nitrogen and oxygen atoms in total. The van der Waals surface area contributed by atoms with E-state index in [2.05, 4.69) is 5.32 Å². The number of hydrogen-bond donors (Lipinski definition) is 1. The molecule has 44 heavy (non-hydrogen) atoms. The van der Waals surface area contributed by atoms with Crippen LogP contribution in [0.1, 0.15) is 62.1 Å². The first-order valence-corrected chi connectivity index (χ1v) is 16.9. The van der Waals surface area contributed by atoms with Crippen molar-refractivity contribution in [3.8, 4) is 5.75 Å². The Balaban J connectivity index is 1.75. The van der Waals surface area contributed by atoms with E-state index in [9.17, 15) is 18.0 Å². The molecular weight excluding hydrogens is 598 g/mol. The number of ether oxygens (including phenoxy) is 1. The molecule has 10 heteroatoms. The summed E-state index contributed by atoms with van der Waals surface area (Å²) in [5.74, 6) is -0.121. The van der Waals surface area contributed by atoms with E-state index in [1.807, 2.05) is 32.0 Å². The van der Waals surface area contributed by atoms with Gasteiger partial charge in [-0.1, -0.05) is 73.7 Å². The molecule has 3 aromatic rings. The van der Waals surface area contributed by atoms with Gasteiger partial charge in [-0.25, -0.2) is 8.42 Å². The monoisotopic (exact) mass is 639 g/mol. The highest BCUT2D eigenvalue weighted by Gasteiger charge is 2.35. The summed E-state index contributed by atoms with van der Waals surface area (Å²) in [5.41, 5.74) is 2.49. The number of nitrogens with one attached hydrogen (secondary N) is 1. The SMILES string of the molecule is CC[C@H](C(=O)NC1CCCCC1)N(Cc1cccc(OC)c1)C(=O)CN(c1cccc(Cl)c1C)S(=O)(=O)c1ccc(C)cc1. The second kappa shape index (κ2) is 14.9. The Morgan fingerprint density at radius 3 is 2.34 bits per heavy atom. The molecule has 0 saturated heterocycles. The summed E-state index contributed by atoms with van der Waals surface area (Å²) in [6.07, 6.45) is 5.43. The number of anilines is 1. The molecule has 2 amide bonds. The van der Waals surface area contributed by atoms with Gasteiger partial charge >= 0.3 is 0 Å². The number of amides is 2. The Morgan fingerprint density at radius 1 is 1.00 bits per heavy atom. The number of sulfonamides is 1. The van der Waals surface area contributed by atoms with Gasteiger partial charge in [-0.2, -0.15) is 0 Å². The van der Waals surface area contributed by atoms with E-state index < -0.39 is 28.5 Å². The number of aryl methyl sites for hydroxylation is 1. The minimum atomic E-state index is -4.19. The number of carbonyl (C=O) groups is 2. The van der Waals surface area contributed by atoms with Gasteiger partial charge in [0.05, 0.1) is 17.7 Å². The van der Waals surface area contributed by atoms with Crippen molar-refractivity contribution in [3.63, 3.8) is 0 Å². The number of hydrogen-bond acceptors (Lipinski definition) is 5. The van der Waals surface area contributed by atoms with Gasteiger partial charge in [0.2, 0.25) is 11.8 Å². The van der Waals surface area contributed by atoms with Crippen molar-refractivity contribution in [1.82, 2.24) is 10.2 Å². The lowest BCUT2D eigenvalue weighted by Crippen LogP contribution is -2.54. The van der Waals surface area contributed by atoms with Crippen LogP contribution in [0.2, 0.25) is 5.02 Å². The lowest BCUT2D eigenvalue weighted by Gasteiger charge is -2.35. The number of rotatable bonds is 12. The average molecular weight is 640 g/mol. The van der Waals surface area contributed by atoms with Crippen molar-refractivity contribution >= 4 is 39.1 Å². The maximum absolute atomic E-state index is 14.4. The fourth-order valence-electron chi connectivity index (χ4n) is 5.65. The second-order valence-corrected chi connectivity index (χ2v) is 13.6. The molecule has 0 aromatic heterocycles. The molecule has 1 N–H and O–H groups in total. The van der Waals surface area contributed by atoms with Crippen molar-refractivity contribution in [2.24, 2.45) is 0 Å². The van der Waals surface area contributed by atoms with E-state index >= 15 is 0 Å². The molecule has 1 atom stereocenters. The highest BCUT2D eigenvalue weighted by Crippen LogP contribution is 2.31. The number of benzene rings is 3. The third kappa shape index (κ3) is 7.93. The van der Waals surface area contributed by atoms with Crippen molar-refractivity contribution in [2.45, 2.75) is 82.8 Å². The molecule has 4 rings (SSSR count). The van der Waals surface area contributed by atoms with Crippen molar-refractivity contribution in [3.05, 3.63) is 88.4 Å². The molecule has 1 aliphatic rings. The highest BCUT2D eigenvalue weighted by atomic mass is 35.5. The summed E-state index contributed by atoms with van der Waals surface area (Å²) in [4.78, 5) is 29.7. The Hall–Kier alpha value is -3.56. The first kappa shape index (κ1) is 33.3. The summed E-state index contributed by atoms with van der Waals surface area (Å²) in [7, 11) is -2.63. The van der Waals surface area contributed by atoms with Gasteiger partial charge in [-0.05, 0) is 80.6 Å². The Morgan fingerprint density at radius 2 is 1.68 bits per heavy atom. The first-order valence-electron chi connectivity index (χ1n) is 15.1. The largest absolute Gasteiger partial charge is 0.497 e. The topological polar surface area (TPSA) is 96.0 Å². The maximum atomic E-state index is 14.4. The summed E-state index contributed by atoms with van der Waals surface area (Å²) < 4.78 is 34.8. The second-order valence-electron chi connectivity index (χ2n) is 11.3. The van der Waals surface area contributed by atoms with Crippen LogP contribution in [-0.4, -0.2) is 50.9 Å². The molecule has 3 aromatic carbocycles. The lowest BCUT2D eigenvalue weighted by atomic mass is 9.95. The number of nitrogens with zero attached hydrogens (tertiary/aromatic N) is 2. The normalized spacial score (nSPS) is 14.5. The van der Waals surface area contributed by atoms with Gasteiger partial charge in [0, 0.05) is 17.6 Å². The quantitative estimate of drug-likeness (QED) is 0.247. The van der Waals surface area contributed by atoms with Crippen LogP contribution in [0.3, 0.4) is 0 Å². The Bertz CT molecular complexity index is 1560. The van der Waals surface area contributed by atoms with Crippen LogP contribution in [0.5, 0.6) is 5.75 Å². The fourth-order valence-corrected chi connectivity index (χ4v) is 7.29. The third-order valence-electron chi connectivity index (χ3n) is 8.22. The molecule has 0 aliphatic heterocycles. The van der Waals surface area contributed by atoms with Crippen LogP contribution in [0.25, 0.3) is 0 Å². The van der Waals surface area contributed by atoms with Crippen LogP contribution >= 0.6 is 11.6 Å². The molecule has 236 valence electrons. The molecule has 0 bridgehead atoms. The molecule has 0 spiro atoms. The van der Waals surface area contributed by atoms with Gasteiger partial charge in [0.25, 0.3) is 10.0 Å². The van der Waals surface area contributed by atoms with E-state index in [-0.39, 0.29) is 23.4 Å². The van der Waals surface area contributed by atoms with Gasteiger partial charge in [-0.15, -0.1) is 0 Å². The number of carbonyl (C=O) groups excluding carboxylic acids is 2. The van der Waals surface area contributed by atoms with E-state index in [4.69, 9.17) is 16.3 Å². The molecule has 0 radical (unpaired) electrons. The van der Waals surface area contributed by atoms with Gasteiger partial charge in [0.15, 0.2) is 0 Å². The Kier molecular flexibility index (Phi) is 11.3. The number of halogens is 1. The predicted molar refractivity (Wildman–Crippen MR) is 175 cm³/mol. The predicted octanol–water partition coefficient (Wildman–Crippen LogP) is 6.42. The van der Waals surface area contributed by atoms with E-state index in [1.54, 1.807) is 50.4 Å². The van der Waals surface area contributed by atoms with E-state index in [1.165, 1.54) is 17.0 Å². The standard InChI is InChI=1S/C34H42ClN3O5S/c1-5-31(34(40)36-27-12-7-6-8-13-27)37(22-26-11-9-14-28(21-26)43-4)33(39)23-38(32-16-10-15-30(35)25(32)3)44(41,42)29-19-17-24(2)18-20-29/h9-11,14-21,27,31H,5-8,12-13,22-23H2,1-4H3,(H,36,40)/t31-/m1/s1. The molecular formula is C34H42ClN3O5S. The van der Waals surface area contributed by atoms with Crippen LogP contribution < -0.4 is 14.4 Å². The van der Waals surface area contributed by atoms with Gasteiger partial charge in [-0.3, -0.25) is 13.9 Å². The highest BCUT2D eigenvalue weighted by molar-refractivity contribution is 7.92.